The molecular formula is C15H22O4. The molecule has 0 radical (unpaired) electrons. The summed E-state index contributed by atoms with van der Waals surface area (Å²) >= 11 is 0. The van der Waals surface area contributed by atoms with Crippen molar-refractivity contribution in [3.8, 4) is 11.5 Å². The molecule has 0 aromatic heterocycles. The van der Waals surface area contributed by atoms with Gasteiger partial charge in [0.2, 0.25) is 0 Å². The lowest BCUT2D eigenvalue weighted by atomic mass is 9.98. The van der Waals surface area contributed by atoms with Crippen molar-refractivity contribution in [1.29, 1.82) is 0 Å². The van der Waals surface area contributed by atoms with Crippen molar-refractivity contribution in [1.82, 2.24) is 0 Å². The van der Waals surface area contributed by atoms with Crippen LogP contribution in [0.15, 0.2) is 18.2 Å². The lowest BCUT2D eigenvalue weighted by Gasteiger charge is -2.25. The molecule has 0 amide bonds. The van der Waals surface area contributed by atoms with Gasteiger partial charge < -0.3 is 19.3 Å². The van der Waals surface area contributed by atoms with Gasteiger partial charge >= 0.3 is 0 Å². The van der Waals surface area contributed by atoms with Crippen molar-refractivity contribution in [3.05, 3.63) is 23.8 Å². The molecule has 0 atom stereocenters. The van der Waals surface area contributed by atoms with E-state index >= 15 is 0 Å². The van der Waals surface area contributed by atoms with Crippen molar-refractivity contribution in [2.75, 3.05) is 20.3 Å². The molecule has 4 heteroatoms. The second-order valence-electron chi connectivity index (χ2n) is 5.35. The van der Waals surface area contributed by atoms with Gasteiger partial charge in [0.1, 0.15) is 6.10 Å². The maximum atomic E-state index is 10.1. The van der Waals surface area contributed by atoms with Crippen LogP contribution in [-0.4, -0.2) is 31.5 Å². The summed E-state index contributed by atoms with van der Waals surface area (Å²) in [6.07, 6.45) is 1.92. The van der Waals surface area contributed by atoms with Gasteiger partial charge in [-0.05, 0) is 31.5 Å². The fourth-order valence-electron chi connectivity index (χ4n) is 2.12. The smallest absolute Gasteiger partial charge is 0.161 e. The molecule has 1 aromatic rings. The van der Waals surface area contributed by atoms with Crippen LogP contribution in [0.4, 0.5) is 0 Å². The molecule has 1 heterocycles. The Balaban J connectivity index is 2.20. The summed E-state index contributed by atoms with van der Waals surface area (Å²) in [6, 6.07) is 5.55. The number of rotatable bonds is 4. The SMILES string of the molecule is COc1ccc(C(C)(C)O)cc1OC1CCOCC1. The highest BCUT2D eigenvalue weighted by molar-refractivity contribution is 5.44. The largest absolute Gasteiger partial charge is 0.493 e. The van der Waals surface area contributed by atoms with Gasteiger partial charge in [0.05, 0.1) is 25.9 Å². The minimum Gasteiger partial charge on any atom is -0.493 e. The highest BCUT2D eigenvalue weighted by atomic mass is 16.5. The van der Waals surface area contributed by atoms with Crippen LogP contribution in [0.1, 0.15) is 32.3 Å². The van der Waals surface area contributed by atoms with Crippen LogP contribution in [0.2, 0.25) is 0 Å². The fraction of sp³-hybridized carbons (Fsp3) is 0.600. The minimum absolute atomic E-state index is 0.153. The molecule has 1 aliphatic heterocycles. The van der Waals surface area contributed by atoms with Crippen LogP contribution in [-0.2, 0) is 10.3 Å². The minimum atomic E-state index is -0.889. The zero-order valence-corrected chi connectivity index (χ0v) is 11.8. The molecule has 1 aliphatic rings. The van der Waals surface area contributed by atoms with Crippen LogP contribution in [0, 0.1) is 0 Å². The quantitative estimate of drug-likeness (QED) is 0.909. The number of ether oxygens (including phenoxy) is 3. The Bertz CT molecular complexity index is 417. The summed E-state index contributed by atoms with van der Waals surface area (Å²) in [7, 11) is 1.62. The summed E-state index contributed by atoms with van der Waals surface area (Å²) in [6.45, 7) is 4.98. The van der Waals surface area contributed by atoms with E-state index in [1.54, 1.807) is 21.0 Å². The first-order valence-electron chi connectivity index (χ1n) is 6.66. The highest BCUT2D eigenvalue weighted by Gasteiger charge is 2.21. The third-order valence-electron chi connectivity index (χ3n) is 3.33. The Kier molecular flexibility index (Phi) is 4.32. The van der Waals surface area contributed by atoms with E-state index in [4.69, 9.17) is 14.2 Å². The van der Waals surface area contributed by atoms with Crippen molar-refractivity contribution in [3.63, 3.8) is 0 Å². The van der Waals surface area contributed by atoms with Crippen LogP contribution < -0.4 is 9.47 Å². The van der Waals surface area contributed by atoms with E-state index in [1.165, 1.54) is 0 Å². The standard InChI is InChI=1S/C15H22O4/c1-15(2,16)11-4-5-13(17-3)14(10-11)19-12-6-8-18-9-7-12/h4-5,10,12,16H,6-9H2,1-3H3. The van der Waals surface area contributed by atoms with Gasteiger partial charge in [0.25, 0.3) is 0 Å². The van der Waals surface area contributed by atoms with Gasteiger partial charge in [-0.2, -0.15) is 0 Å². The van der Waals surface area contributed by atoms with Crippen LogP contribution in [0.3, 0.4) is 0 Å². The summed E-state index contributed by atoms with van der Waals surface area (Å²) in [5, 5.41) is 10.1. The molecule has 4 nitrogen and oxygen atoms in total. The summed E-state index contributed by atoms with van der Waals surface area (Å²) in [4.78, 5) is 0. The Labute approximate surface area is 114 Å². The first-order chi connectivity index (χ1) is 9.00. The molecule has 1 N–H and O–H groups in total. The molecule has 0 aliphatic carbocycles. The van der Waals surface area contributed by atoms with E-state index in [9.17, 15) is 5.11 Å². The Morgan fingerprint density at radius 3 is 2.47 bits per heavy atom. The zero-order valence-electron chi connectivity index (χ0n) is 11.8. The lowest BCUT2D eigenvalue weighted by molar-refractivity contribution is 0.0241. The number of hydrogen-bond acceptors (Lipinski definition) is 4. The number of hydrogen-bond donors (Lipinski definition) is 1. The number of benzene rings is 1. The molecule has 1 saturated heterocycles. The summed E-state index contributed by atoms with van der Waals surface area (Å²) in [5.41, 5.74) is -0.0737. The van der Waals surface area contributed by atoms with Crippen molar-refractivity contribution in [2.45, 2.75) is 38.4 Å². The normalized spacial score (nSPS) is 17.3. The number of methoxy groups -OCH3 is 1. The fourth-order valence-corrected chi connectivity index (χ4v) is 2.12. The van der Waals surface area contributed by atoms with Crippen molar-refractivity contribution >= 4 is 0 Å². The Hall–Kier alpha value is -1.26. The summed E-state index contributed by atoms with van der Waals surface area (Å²) in [5.74, 6) is 1.38. The molecule has 1 aromatic carbocycles. The molecule has 1 fully saturated rings. The zero-order chi connectivity index (χ0) is 13.9. The van der Waals surface area contributed by atoms with E-state index in [0.717, 1.165) is 31.6 Å². The van der Waals surface area contributed by atoms with E-state index in [-0.39, 0.29) is 6.10 Å². The molecule has 2 rings (SSSR count). The first-order valence-corrected chi connectivity index (χ1v) is 6.66. The van der Waals surface area contributed by atoms with Gasteiger partial charge in [0, 0.05) is 12.8 Å². The topological polar surface area (TPSA) is 47.9 Å². The predicted octanol–water partition coefficient (Wildman–Crippen LogP) is 2.48. The molecule has 0 saturated carbocycles. The van der Waals surface area contributed by atoms with Crippen molar-refractivity contribution < 1.29 is 19.3 Å². The Morgan fingerprint density at radius 1 is 1.21 bits per heavy atom. The predicted molar refractivity (Wildman–Crippen MR) is 72.7 cm³/mol. The van der Waals surface area contributed by atoms with Crippen LogP contribution in [0.25, 0.3) is 0 Å². The van der Waals surface area contributed by atoms with E-state index in [0.29, 0.717) is 11.5 Å². The monoisotopic (exact) mass is 266 g/mol. The van der Waals surface area contributed by atoms with E-state index < -0.39 is 5.60 Å². The van der Waals surface area contributed by atoms with E-state index in [2.05, 4.69) is 0 Å². The molecule has 106 valence electrons. The second-order valence-corrected chi connectivity index (χ2v) is 5.35. The van der Waals surface area contributed by atoms with Crippen LogP contribution in [0.5, 0.6) is 11.5 Å². The summed E-state index contributed by atoms with van der Waals surface area (Å²) < 4.78 is 16.6. The third kappa shape index (κ3) is 3.61. The highest BCUT2D eigenvalue weighted by Crippen LogP contribution is 2.33. The number of aliphatic hydroxyl groups is 1. The van der Waals surface area contributed by atoms with Gasteiger partial charge in [-0.3, -0.25) is 0 Å². The maximum Gasteiger partial charge on any atom is 0.161 e. The van der Waals surface area contributed by atoms with Gasteiger partial charge in [0.15, 0.2) is 11.5 Å². The first kappa shape index (κ1) is 14.2. The molecule has 0 unspecified atom stereocenters. The third-order valence-corrected chi connectivity index (χ3v) is 3.33. The average Bonchev–Trinajstić information content (AvgIpc) is 2.39. The second kappa shape index (κ2) is 5.80. The van der Waals surface area contributed by atoms with Gasteiger partial charge in [-0.1, -0.05) is 6.07 Å². The Morgan fingerprint density at radius 2 is 1.89 bits per heavy atom. The molecule has 19 heavy (non-hydrogen) atoms. The van der Waals surface area contributed by atoms with Crippen LogP contribution >= 0.6 is 0 Å². The molecular weight excluding hydrogens is 244 g/mol. The van der Waals surface area contributed by atoms with Gasteiger partial charge in [-0.15, -0.1) is 0 Å². The van der Waals surface area contributed by atoms with Crippen molar-refractivity contribution in [2.24, 2.45) is 0 Å². The molecule has 0 bridgehead atoms. The molecule has 0 spiro atoms. The maximum absolute atomic E-state index is 10.1. The average molecular weight is 266 g/mol. The van der Waals surface area contributed by atoms with Gasteiger partial charge in [-0.25, -0.2) is 0 Å². The van der Waals surface area contributed by atoms with E-state index in [1.807, 2.05) is 18.2 Å². The lowest BCUT2D eigenvalue weighted by Crippen LogP contribution is -2.26.